The topological polar surface area (TPSA) is 29.5 Å². The van der Waals surface area contributed by atoms with Gasteiger partial charge in [-0.05, 0) is 31.0 Å². The molecule has 1 aromatic carbocycles. The van der Waals surface area contributed by atoms with Crippen LogP contribution in [0, 0.1) is 0 Å². The van der Waals surface area contributed by atoms with Gasteiger partial charge in [-0.2, -0.15) is 13.2 Å². The number of carbonyl (C=O) groups is 1. The number of hydrogen-bond donors (Lipinski definition) is 0. The van der Waals surface area contributed by atoms with Gasteiger partial charge in [0.2, 0.25) is 0 Å². The van der Waals surface area contributed by atoms with E-state index < -0.39 is 17.6 Å². The lowest BCUT2D eigenvalue weighted by Crippen LogP contribution is -2.28. The highest BCUT2D eigenvalue weighted by Gasteiger charge is 2.33. The van der Waals surface area contributed by atoms with Gasteiger partial charge in [-0.15, -0.1) is 0 Å². The van der Waals surface area contributed by atoms with Gasteiger partial charge in [0.25, 0.3) is 5.91 Å². The molecule has 0 spiro atoms. The van der Waals surface area contributed by atoms with E-state index in [0.717, 1.165) is 25.0 Å². The molecule has 0 radical (unpaired) electrons. The number of likely N-dealkylation sites (tertiary alicyclic amines) is 1. The lowest BCUT2D eigenvalue weighted by molar-refractivity contribution is -0.137. The monoisotopic (exact) mass is 273 g/mol. The van der Waals surface area contributed by atoms with Crippen molar-refractivity contribution in [3.05, 3.63) is 29.3 Å². The molecule has 0 saturated carbocycles. The summed E-state index contributed by atoms with van der Waals surface area (Å²) in [6.07, 6.45) is -2.70. The highest BCUT2D eigenvalue weighted by molar-refractivity contribution is 5.97. The van der Waals surface area contributed by atoms with Crippen molar-refractivity contribution in [1.82, 2.24) is 4.90 Å². The molecule has 0 unspecified atom stereocenters. The molecule has 1 saturated heterocycles. The Morgan fingerprint density at radius 2 is 1.89 bits per heavy atom. The van der Waals surface area contributed by atoms with Crippen LogP contribution in [0.4, 0.5) is 13.2 Å². The number of halogens is 3. The highest BCUT2D eigenvalue weighted by atomic mass is 19.4. The van der Waals surface area contributed by atoms with E-state index in [-0.39, 0.29) is 11.3 Å². The Hall–Kier alpha value is -1.72. The third kappa shape index (κ3) is 2.83. The van der Waals surface area contributed by atoms with Crippen molar-refractivity contribution in [3.63, 3.8) is 0 Å². The number of benzene rings is 1. The van der Waals surface area contributed by atoms with E-state index in [1.54, 1.807) is 4.90 Å². The SMILES string of the molecule is COc1ccc(C(F)(F)F)cc1C(=O)N1CCCC1. The number of alkyl halides is 3. The first-order chi connectivity index (χ1) is 8.93. The van der Waals surface area contributed by atoms with E-state index >= 15 is 0 Å². The van der Waals surface area contributed by atoms with Crippen LogP contribution in [0.1, 0.15) is 28.8 Å². The molecule has 3 nitrogen and oxygen atoms in total. The third-order valence-corrected chi connectivity index (χ3v) is 3.15. The lowest BCUT2D eigenvalue weighted by Gasteiger charge is -2.18. The van der Waals surface area contributed by atoms with Gasteiger partial charge in [-0.1, -0.05) is 0 Å². The summed E-state index contributed by atoms with van der Waals surface area (Å²) >= 11 is 0. The fourth-order valence-electron chi connectivity index (χ4n) is 2.14. The average molecular weight is 273 g/mol. The Bertz CT molecular complexity index is 479. The summed E-state index contributed by atoms with van der Waals surface area (Å²) in [7, 11) is 1.34. The summed E-state index contributed by atoms with van der Waals surface area (Å²) in [5.74, 6) is -0.231. The van der Waals surface area contributed by atoms with Crippen LogP contribution >= 0.6 is 0 Å². The zero-order chi connectivity index (χ0) is 14.0. The molecule has 0 bridgehead atoms. The Morgan fingerprint density at radius 3 is 2.42 bits per heavy atom. The Labute approximate surface area is 109 Å². The second kappa shape index (κ2) is 5.11. The number of hydrogen-bond acceptors (Lipinski definition) is 2. The maximum absolute atomic E-state index is 12.7. The molecule has 1 aliphatic heterocycles. The third-order valence-electron chi connectivity index (χ3n) is 3.15. The maximum atomic E-state index is 12.7. The second-order valence-electron chi connectivity index (χ2n) is 4.41. The smallest absolute Gasteiger partial charge is 0.416 e. The van der Waals surface area contributed by atoms with E-state index in [2.05, 4.69) is 0 Å². The normalized spacial score (nSPS) is 15.7. The van der Waals surface area contributed by atoms with Crippen molar-refractivity contribution in [1.29, 1.82) is 0 Å². The van der Waals surface area contributed by atoms with Gasteiger partial charge < -0.3 is 9.64 Å². The van der Waals surface area contributed by atoms with Crippen LogP contribution < -0.4 is 4.74 Å². The largest absolute Gasteiger partial charge is 0.496 e. The van der Waals surface area contributed by atoms with Crippen LogP contribution in [0.25, 0.3) is 0 Å². The van der Waals surface area contributed by atoms with E-state index in [1.165, 1.54) is 13.2 Å². The molecule has 0 atom stereocenters. The van der Waals surface area contributed by atoms with E-state index in [4.69, 9.17) is 4.74 Å². The molecule has 1 fully saturated rings. The summed E-state index contributed by atoms with van der Waals surface area (Å²) in [4.78, 5) is 13.7. The molecule has 0 aromatic heterocycles. The minimum atomic E-state index is -4.47. The molecule has 104 valence electrons. The zero-order valence-electron chi connectivity index (χ0n) is 10.5. The van der Waals surface area contributed by atoms with Gasteiger partial charge in [-0.25, -0.2) is 0 Å². The minimum absolute atomic E-state index is 0.0285. The van der Waals surface area contributed by atoms with Crippen molar-refractivity contribution in [2.45, 2.75) is 19.0 Å². The van der Waals surface area contributed by atoms with E-state index in [9.17, 15) is 18.0 Å². The number of rotatable bonds is 2. The predicted molar refractivity (Wildman–Crippen MR) is 63.1 cm³/mol. The van der Waals surface area contributed by atoms with Gasteiger partial charge in [0.05, 0.1) is 18.2 Å². The molecule has 1 heterocycles. The summed E-state index contributed by atoms with van der Waals surface area (Å²) in [5.41, 5.74) is -0.866. The number of amides is 1. The minimum Gasteiger partial charge on any atom is -0.496 e. The van der Waals surface area contributed by atoms with E-state index in [1.807, 2.05) is 0 Å². The fraction of sp³-hybridized carbons (Fsp3) is 0.462. The Balaban J connectivity index is 2.38. The van der Waals surface area contributed by atoms with Crippen LogP contribution in [0.5, 0.6) is 5.75 Å². The van der Waals surface area contributed by atoms with Crippen LogP contribution in [-0.4, -0.2) is 31.0 Å². The first-order valence-corrected chi connectivity index (χ1v) is 5.98. The number of ether oxygens (including phenoxy) is 1. The quantitative estimate of drug-likeness (QED) is 0.829. The first-order valence-electron chi connectivity index (χ1n) is 5.98. The molecule has 1 aromatic rings. The standard InChI is InChI=1S/C13H14F3NO2/c1-19-11-5-4-9(13(14,15)16)8-10(11)12(18)17-6-2-3-7-17/h4-5,8H,2-3,6-7H2,1H3. The maximum Gasteiger partial charge on any atom is 0.416 e. The summed E-state index contributed by atoms with van der Waals surface area (Å²) in [5, 5.41) is 0. The van der Waals surface area contributed by atoms with Crippen LogP contribution in [0.2, 0.25) is 0 Å². The van der Waals surface area contributed by atoms with Gasteiger partial charge in [0.1, 0.15) is 5.75 Å². The molecular weight excluding hydrogens is 259 g/mol. The number of carbonyl (C=O) groups excluding carboxylic acids is 1. The van der Waals surface area contributed by atoms with Gasteiger partial charge in [0, 0.05) is 13.1 Å². The van der Waals surface area contributed by atoms with Crippen molar-refractivity contribution in [3.8, 4) is 5.75 Å². The summed E-state index contributed by atoms with van der Waals surface area (Å²) < 4.78 is 43.0. The highest BCUT2D eigenvalue weighted by Crippen LogP contribution is 2.33. The van der Waals surface area contributed by atoms with Gasteiger partial charge >= 0.3 is 6.18 Å². The molecule has 0 N–H and O–H groups in total. The number of methoxy groups -OCH3 is 1. The summed E-state index contributed by atoms with van der Waals surface area (Å²) in [6.45, 7) is 1.16. The second-order valence-corrected chi connectivity index (χ2v) is 4.41. The van der Waals surface area contributed by atoms with Crippen LogP contribution in [-0.2, 0) is 6.18 Å². The predicted octanol–water partition coefficient (Wildman–Crippen LogP) is 2.95. The molecule has 1 amide bonds. The van der Waals surface area contributed by atoms with E-state index in [0.29, 0.717) is 13.1 Å². The van der Waals surface area contributed by atoms with Crippen LogP contribution in [0.15, 0.2) is 18.2 Å². The van der Waals surface area contributed by atoms with Gasteiger partial charge in [0.15, 0.2) is 0 Å². The molecule has 19 heavy (non-hydrogen) atoms. The molecule has 1 aliphatic rings. The molecule has 6 heteroatoms. The molecular formula is C13H14F3NO2. The fourth-order valence-corrected chi connectivity index (χ4v) is 2.14. The summed E-state index contributed by atoms with van der Waals surface area (Å²) in [6, 6.07) is 2.96. The van der Waals surface area contributed by atoms with Crippen molar-refractivity contribution < 1.29 is 22.7 Å². The van der Waals surface area contributed by atoms with Crippen molar-refractivity contribution in [2.75, 3.05) is 20.2 Å². The Kier molecular flexibility index (Phi) is 3.68. The van der Waals surface area contributed by atoms with Gasteiger partial charge in [-0.3, -0.25) is 4.79 Å². The average Bonchev–Trinajstić information content (AvgIpc) is 2.90. The zero-order valence-corrected chi connectivity index (χ0v) is 10.5. The number of nitrogens with zero attached hydrogens (tertiary/aromatic N) is 1. The first kappa shape index (κ1) is 13.7. The van der Waals surface area contributed by atoms with Crippen molar-refractivity contribution >= 4 is 5.91 Å². The van der Waals surface area contributed by atoms with Crippen LogP contribution in [0.3, 0.4) is 0 Å². The molecule has 2 rings (SSSR count). The molecule has 0 aliphatic carbocycles. The lowest BCUT2D eigenvalue weighted by atomic mass is 10.1. The Morgan fingerprint density at radius 1 is 1.26 bits per heavy atom. The van der Waals surface area contributed by atoms with Crippen molar-refractivity contribution in [2.24, 2.45) is 0 Å².